The van der Waals surface area contributed by atoms with Gasteiger partial charge >= 0.3 is 0 Å². The highest BCUT2D eigenvalue weighted by molar-refractivity contribution is 5.58. The average Bonchev–Trinajstić information content (AvgIpc) is 3.22. The highest BCUT2D eigenvalue weighted by Gasteiger charge is 2.31. The van der Waals surface area contributed by atoms with Gasteiger partial charge in [0.15, 0.2) is 0 Å². The number of anilines is 2. The van der Waals surface area contributed by atoms with Gasteiger partial charge in [-0.25, -0.2) is 9.97 Å². The molecular weight excluding hydrogens is 252 g/mol. The summed E-state index contributed by atoms with van der Waals surface area (Å²) >= 11 is 0. The molecule has 2 saturated carbocycles. The number of aliphatic hydroxyl groups is 1. The molecule has 5 heteroatoms. The zero-order valence-electron chi connectivity index (χ0n) is 12.3. The Morgan fingerprint density at radius 2 is 1.90 bits per heavy atom. The summed E-state index contributed by atoms with van der Waals surface area (Å²) in [6.07, 6.45) is 4.99. The number of aromatic nitrogens is 2. The second kappa shape index (κ2) is 5.56. The number of aliphatic hydroxyl groups excluding tert-OH is 1. The zero-order valence-corrected chi connectivity index (χ0v) is 12.3. The van der Waals surface area contributed by atoms with E-state index in [1.165, 1.54) is 12.8 Å². The molecular formula is C15H24N4O. The van der Waals surface area contributed by atoms with Gasteiger partial charge in [0.05, 0.1) is 6.10 Å². The van der Waals surface area contributed by atoms with E-state index in [4.69, 9.17) is 4.98 Å². The van der Waals surface area contributed by atoms with Crippen LogP contribution in [-0.2, 0) is 0 Å². The average molecular weight is 276 g/mol. The van der Waals surface area contributed by atoms with Crippen LogP contribution in [0.15, 0.2) is 0 Å². The largest absolute Gasteiger partial charge is 0.393 e. The number of hydrogen-bond donors (Lipinski definition) is 3. The van der Waals surface area contributed by atoms with Crippen LogP contribution in [0.25, 0.3) is 0 Å². The van der Waals surface area contributed by atoms with Crippen molar-refractivity contribution in [1.29, 1.82) is 0 Å². The summed E-state index contributed by atoms with van der Waals surface area (Å²) < 4.78 is 0. The fraction of sp³-hybridized carbons (Fsp3) is 0.733. The van der Waals surface area contributed by atoms with E-state index in [1.54, 1.807) is 0 Å². The molecule has 5 nitrogen and oxygen atoms in total. The normalized spacial score (nSPS) is 25.1. The Hall–Kier alpha value is -1.36. The molecule has 1 heterocycles. The molecule has 110 valence electrons. The minimum atomic E-state index is -0.143. The SMILES string of the molecule is CCCNc1nc(C2CC2)nc(NC2CC(O)C2)c1C. The maximum Gasteiger partial charge on any atom is 0.136 e. The van der Waals surface area contributed by atoms with Gasteiger partial charge < -0.3 is 15.7 Å². The third-order valence-electron chi connectivity index (χ3n) is 4.10. The minimum absolute atomic E-state index is 0.143. The van der Waals surface area contributed by atoms with Crippen LogP contribution in [-0.4, -0.2) is 33.8 Å². The van der Waals surface area contributed by atoms with E-state index in [0.717, 1.165) is 48.8 Å². The second-order valence-electron chi connectivity index (χ2n) is 6.07. The van der Waals surface area contributed by atoms with E-state index in [1.807, 2.05) is 0 Å². The van der Waals surface area contributed by atoms with Crippen LogP contribution in [0, 0.1) is 6.92 Å². The van der Waals surface area contributed by atoms with Crippen molar-refractivity contribution in [3.63, 3.8) is 0 Å². The summed E-state index contributed by atoms with van der Waals surface area (Å²) in [5.41, 5.74) is 1.09. The molecule has 0 spiro atoms. The van der Waals surface area contributed by atoms with Crippen molar-refractivity contribution in [3.8, 4) is 0 Å². The van der Waals surface area contributed by atoms with Crippen molar-refractivity contribution in [3.05, 3.63) is 11.4 Å². The number of rotatable bonds is 6. The first-order chi connectivity index (χ1) is 9.67. The molecule has 0 unspecified atom stereocenters. The molecule has 2 fully saturated rings. The molecule has 2 aliphatic rings. The molecule has 0 aromatic carbocycles. The van der Waals surface area contributed by atoms with E-state index in [0.29, 0.717) is 12.0 Å². The molecule has 0 saturated heterocycles. The Kier molecular flexibility index (Phi) is 3.78. The van der Waals surface area contributed by atoms with Crippen molar-refractivity contribution in [2.24, 2.45) is 0 Å². The lowest BCUT2D eigenvalue weighted by atomic mass is 9.89. The first kappa shape index (κ1) is 13.6. The highest BCUT2D eigenvalue weighted by atomic mass is 16.3. The second-order valence-corrected chi connectivity index (χ2v) is 6.07. The Labute approximate surface area is 120 Å². The van der Waals surface area contributed by atoms with Gasteiger partial charge in [-0.2, -0.15) is 0 Å². The van der Waals surface area contributed by atoms with Crippen molar-refractivity contribution >= 4 is 11.6 Å². The van der Waals surface area contributed by atoms with Crippen LogP contribution >= 0.6 is 0 Å². The third kappa shape index (κ3) is 2.87. The maximum absolute atomic E-state index is 9.40. The molecule has 0 radical (unpaired) electrons. The van der Waals surface area contributed by atoms with Crippen molar-refractivity contribution in [1.82, 2.24) is 9.97 Å². The van der Waals surface area contributed by atoms with E-state index in [-0.39, 0.29) is 6.10 Å². The molecule has 0 atom stereocenters. The molecule has 0 aliphatic heterocycles. The fourth-order valence-electron chi connectivity index (χ4n) is 2.51. The Morgan fingerprint density at radius 3 is 2.50 bits per heavy atom. The van der Waals surface area contributed by atoms with Crippen LogP contribution in [0.1, 0.15) is 56.3 Å². The van der Waals surface area contributed by atoms with Crippen LogP contribution in [0.5, 0.6) is 0 Å². The van der Waals surface area contributed by atoms with Gasteiger partial charge in [-0.15, -0.1) is 0 Å². The predicted molar refractivity (Wildman–Crippen MR) is 80.2 cm³/mol. The first-order valence-corrected chi connectivity index (χ1v) is 7.74. The standard InChI is InChI=1S/C15H24N4O/c1-3-6-16-13-9(2)14(17-11-7-12(20)8-11)19-15(18-13)10-4-5-10/h10-12,20H,3-8H2,1-2H3,(H2,16,17,18,19). The lowest BCUT2D eigenvalue weighted by molar-refractivity contribution is 0.0835. The highest BCUT2D eigenvalue weighted by Crippen LogP contribution is 2.40. The molecule has 3 N–H and O–H groups in total. The zero-order chi connectivity index (χ0) is 14.1. The lowest BCUT2D eigenvalue weighted by Crippen LogP contribution is -2.39. The molecule has 20 heavy (non-hydrogen) atoms. The van der Waals surface area contributed by atoms with Gasteiger partial charge in [0.1, 0.15) is 17.5 Å². The topological polar surface area (TPSA) is 70.1 Å². The van der Waals surface area contributed by atoms with Crippen LogP contribution in [0.4, 0.5) is 11.6 Å². The molecule has 1 aromatic heterocycles. The smallest absolute Gasteiger partial charge is 0.136 e. The van der Waals surface area contributed by atoms with Gasteiger partial charge in [-0.1, -0.05) is 6.92 Å². The van der Waals surface area contributed by atoms with Gasteiger partial charge in [0.2, 0.25) is 0 Å². The molecule has 0 amide bonds. The molecule has 2 aliphatic carbocycles. The maximum atomic E-state index is 9.40. The van der Waals surface area contributed by atoms with Crippen molar-refractivity contribution < 1.29 is 5.11 Å². The summed E-state index contributed by atoms with van der Waals surface area (Å²) in [7, 11) is 0. The monoisotopic (exact) mass is 276 g/mol. The number of nitrogens with one attached hydrogen (secondary N) is 2. The molecule has 1 aromatic rings. The van der Waals surface area contributed by atoms with E-state index >= 15 is 0 Å². The third-order valence-corrected chi connectivity index (χ3v) is 4.10. The van der Waals surface area contributed by atoms with E-state index in [9.17, 15) is 5.11 Å². The fourth-order valence-corrected chi connectivity index (χ4v) is 2.51. The van der Waals surface area contributed by atoms with Gasteiger partial charge in [0.25, 0.3) is 0 Å². The quantitative estimate of drug-likeness (QED) is 0.744. The Bertz CT molecular complexity index is 481. The van der Waals surface area contributed by atoms with Crippen molar-refractivity contribution in [2.75, 3.05) is 17.2 Å². The van der Waals surface area contributed by atoms with Gasteiger partial charge in [0, 0.05) is 24.1 Å². The van der Waals surface area contributed by atoms with Gasteiger partial charge in [-0.05, 0) is 39.0 Å². The number of nitrogens with zero attached hydrogens (tertiary/aromatic N) is 2. The predicted octanol–water partition coefficient (Wildman–Crippen LogP) is 2.42. The summed E-state index contributed by atoms with van der Waals surface area (Å²) in [4.78, 5) is 9.39. The minimum Gasteiger partial charge on any atom is -0.393 e. The Balaban J connectivity index is 1.80. The Morgan fingerprint density at radius 1 is 1.20 bits per heavy atom. The van der Waals surface area contributed by atoms with E-state index < -0.39 is 0 Å². The van der Waals surface area contributed by atoms with Crippen LogP contribution < -0.4 is 10.6 Å². The molecule has 0 bridgehead atoms. The number of hydrogen-bond acceptors (Lipinski definition) is 5. The summed E-state index contributed by atoms with van der Waals surface area (Å²) in [5.74, 6) is 3.42. The van der Waals surface area contributed by atoms with E-state index in [2.05, 4.69) is 29.5 Å². The summed E-state index contributed by atoms with van der Waals surface area (Å²) in [5, 5.41) is 16.3. The van der Waals surface area contributed by atoms with Crippen molar-refractivity contribution in [2.45, 2.75) is 64.0 Å². The lowest BCUT2D eigenvalue weighted by Gasteiger charge is -2.33. The molecule has 3 rings (SSSR count). The van der Waals surface area contributed by atoms with Crippen LogP contribution in [0.3, 0.4) is 0 Å². The first-order valence-electron chi connectivity index (χ1n) is 7.74. The van der Waals surface area contributed by atoms with Gasteiger partial charge in [-0.3, -0.25) is 0 Å². The van der Waals surface area contributed by atoms with Crippen LogP contribution in [0.2, 0.25) is 0 Å². The summed E-state index contributed by atoms with van der Waals surface area (Å²) in [6, 6.07) is 0.352. The summed E-state index contributed by atoms with van der Waals surface area (Å²) in [6.45, 7) is 5.15.